The van der Waals surface area contributed by atoms with Crippen molar-refractivity contribution < 1.29 is 19.0 Å². The van der Waals surface area contributed by atoms with E-state index in [-0.39, 0.29) is 13.2 Å². The lowest BCUT2D eigenvalue weighted by Crippen LogP contribution is -2.29. The van der Waals surface area contributed by atoms with Crippen LogP contribution >= 0.6 is 62.5 Å². The summed E-state index contributed by atoms with van der Waals surface area (Å²) >= 11 is 23.8. The summed E-state index contributed by atoms with van der Waals surface area (Å²) in [5.41, 5.74) is 3.45. The summed E-state index contributed by atoms with van der Waals surface area (Å²) < 4.78 is 19.6. The highest BCUT2D eigenvalue weighted by Crippen LogP contribution is 2.44. The zero-order valence-electron chi connectivity index (χ0n) is 23.3. The Hall–Kier alpha value is -2.89. The van der Waals surface area contributed by atoms with Crippen molar-refractivity contribution in [1.29, 1.82) is 0 Å². The monoisotopic (exact) mass is 722 g/mol. The highest BCUT2D eigenvalue weighted by Gasteiger charge is 2.36. The van der Waals surface area contributed by atoms with E-state index < -0.39 is 12.0 Å². The molecule has 0 saturated carbocycles. The first kappa shape index (κ1) is 31.5. The van der Waals surface area contributed by atoms with E-state index in [4.69, 9.17) is 59.1 Å². The normalized spacial score (nSPS) is 14.3. The van der Waals surface area contributed by atoms with Crippen LogP contribution in [-0.4, -0.2) is 34.5 Å². The predicted octanol–water partition coefficient (Wildman–Crippen LogP) is 8.73. The number of methoxy groups -OCH3 is 1. The van der Waals surface area contributed by atoms with Crippen molar-refractivity contribution in [2.45, 2.75) is 37.4 Å². The molecule has 0 amide bonds. The standard InChI is InChI=1S/C30H26BrCl3N4O4S/c1-4-41-28(39)25-16(2)35-29-36-30(43-15-18-7-5-6-8-22(18)33)37-38(29)26(25)19-11-21(31)27(24(12-19)40-3)42-14-17-9-10-20(32)13-23(17)34/h5-13,26H,4,14-15H2,1-3H3,(H,35,36,37). The highest BCUT2D eigenvalue weighted by molar-refractivity contribution is 9.10. The molecule has 0 fully saturated rings. The molecular formula is C30H26BrCl3N4O4S. The van der Waals surface area contributed by atoms with Gasteiger partial charge in [0.2, 0.25) is 11.1 Å². The van der Waals surface area contributed by atoms with E-state index in [0.717, 1.165) is 11.1 Å². The maximum Gasteiger partial charge on any atom is 0.338 e. The molecule has 1 aromatic heterocycles. The van der Waals surface area contributed by atoms with Crippen molar-refractivity contribution in [2.75, 3.05) is 19.0 Å². The molecule has 8 nitrogen and oxygen atoms in total. The minimum Gasteiger partial charge on any atom is -0.493 e. The second-order valence-electron chi connectivity index (χ2n) is 9.39. The molecule has 0 aliphatic carbocycles. The fraction of sp³-hybridized carbons (Fsp3) is 0.233. The Morgan fingerprint density at radius 2 is 1.88 bits per heavy atom. The fourth-order valence-electron chi connectivity index (χ4n) is 4.56. The van der Waals surface area contributed by atoms with Crippen molar-refractivity contribution in [3.63, 3.8) is 0 Å². The second kappa shape index (κ2) is 13.8. The number of rotatable bonds is 10. The number of carbonyl (C=O) groups excluding carboxylic acids is 1. The maximum atomic E-state index is 13.3. The zero-order valence-corrected chi connectivity index (χ0v) is 28.0. The van der Waals surface area contributed by atoms with Crippen molar-refractivity contribution in [3.05, 3.63) is 102 Å². The van der Waals surface area contributed by atoms with Gasteiger partial charge >= 0.3 is 5.97 Å². The van der Waals surface area contributed by atoms with Crippen molar-refractivity contribution >= 4 is 74.4 Å². The molecule has 43 heavy (non-hydrogen) atoms. The number of halogens is 4. The molecule has 1 N–H and O–H groups in total. The van der Waals surface area contributed by atoms with E-state index in [9.17, 15) is 4.79 Å². The minimum absolute atomic E-state index is 0.185. The van der Waals surface area contributed by atoms with Gasteiger partial charge in [-0.3, -0.25) is 0 Å². The number of hydrogen-bond donors (Lipinski definition) is 1. The lowest BCUT2D eigenvalue weighted by molar-refractivity contribution is -0.139. The number of thioether (sulfide) groups is 1. The molecule has 0 spiro atoms. The average Bonchev–Trinajstić information content (AvgIpc) is 3.38. The Morgan fingerprint density at radius 3 is 2.60 bits per heavy atom. The van der Waals surface area contributed by atoms with Gasteiger partial charge in [-0.1, -0.05) is 70.8 Å². The third-order valence-electron chi connectivity index (χ3n) is 6.60. The first-order chi connectivity index (χ1) is 20.7. The number of anilines is 1. The van der Waals surface area contributed by atoms with Crippen LogP contribution in [0.2, 0.25) is 15.1 Å². The number of fused-ring (bicyclic) bond motifs is 1. The van der Waals surface area contributed by atoms with Gasteiger partial charge in [0, 0.05) is 32.1 Å². The van der Waals surface area contributed by atoms with Crippen LogP contribution < -0.4 is 14.8 Å². The third-order valence-corrected chi connectivity index (χ3v) is 9.03. The summed E-state index contributed by atoms with van der Waals surface area (Å²) in [6.45, 7) is 3.98. The Bertz CT molecular complexity index is 1710. The van der Waals surface area contributed by atoms with Crippen LogP contribution in [0.25, 0.3) is 0 Å². The highest BCUT2D eigenvalue weighted by atomic mass is 79.9. The first-order valence-electron chi connectivity index (χ1n) is 13.1. The fourth-order valence-corrected chi connectivity index (χ4v) is 6.71. The number of nitrogens with one attached hydrogen (secondary N) is 1. The third kappa shape index (κ3) is 6.94. The Kier molecular flexibility index (Phi) is 10.1. The molecule has 13 heteroatoms. The van der Waals surface area contributed by atoms with Gasteiger partial charge in [-0.25, -0.2) is 9.48 Å². The summed E-state index contributed by atoms with van der Waals surface area (Å²) in [7, 11) is 1.55. The van der Waals surface area contributed by atoms with Gasteiger partial charge in [-0.05, 0) is 71.2 Å². The van der Waals surface area contributed by atoms with Crippen molar-refractivity contribution in [2.24, 2.45) is 0 Å². The van der Waals surface area contributed by atoms with Gasteiger partial charge in [0.1, 0.15) is 12.6 Å². The van der Waals surface area contributed by atoms with Gasteiger partial charge < -0.3 is 19.5 Å². The number of esters is 1. The molecule has 1 aliphatic rings. The largest absolute Gasteiger partial charge is 0.493 e. The number of benzene rings is 3. The summed E-state index contributed by atoms with van der Waals surface area (Å²) in [6, 6.07) is 15.9. The topological polar surface area (TPSA) is 87.5 Å². The molecule has 3 aromatic carbocycles. The van der Waals surface area contributed by atoms with Crippen LogP contribution in [0.1, 0.15) is 36.6 Å². The van der Waals surface area contributed by atoms with Gasteiger partial charge in [-0.2, -0.15) is 4.98 Å². The molecule has 2 heterocycles. The van der Waals surface area contributed by atoms with Crippen LogP contribution in [0.3, 0.4) is 0 Å². The number of aromatic nitrogens is 3. The summed E-state index contributed by atoms with van der Waals surface area (Å²) in [4.78, 5) is 18.0. The quantitative estimate of drug-likeness (QED) is 0.128. The Labute approximate surface area is 276 Å². The van der Waals surface area contributed by atoms with Gasteiger partial charge in [0.05, 0.1) is 23.8 Å². The van der Waals surface area contributed by atoms with Crippen LogP contribution in [0, 0.1) is 0 Å². The molecule has 0 radical (unpaired) electrons. The summed E-state index contributed by atoms with van der Waals surface area (Å²) in [5, 5.41) is 10.2. The van der Waals surface area contributed by atoms with Gasteiger partial charge in [0.15, 0.2) is 11.5 Å². The predicted molar refractivity (Wildman–Crippen MR) is 174 cm³/mol. The smallest absolute Gasteiger partial charge is 0.338 e. The van der Waals surface area contributed by atoms with E-state index in [1.807, 2.05) is 43.3 Å². The van der Waals surface area contributed by atoms with Crippen molar-refractivity contribution in [1.82, 2.24) is 14.8 Å². The lowest BCUT2D eigenvalue weighted by atomic mass is 9.95. The number of ether oxygens (including phenoxy) is 3. The van der Waals surface area contributed by atoms with Gasteiger partial charge in [-0.15, -0.1) is 5.10 Å². The molecule has 1 aliphatic heterocycles. The zero-order chi connectivity index (χ0) is 30.7. The first-order valence-corrected chi connectivity index (χ1v) is 16.0. The lowest BCUT2D eigenvalue weighted by Gasteiger charge is -2.28. The number of allylic oxidation sites excluding steroid dienone is 1. The second-order valence-corrected chi connectivity index (χ2v) is 12.4. The van der Waals surface area contributed by atoms with E-state index >= 15 is 0 Å². The van der Waals surface area contributed by atoms with Crippen LogP contribution in [0.4, 0.5) is 5.95 Å². The number of carbonyl (C=O) groups is 1. The van der Waals surface area contributed by atoms with Crippen molar-refractivity contribution in [3.8, 4) is 11.5 Å². The van der Waals surface area contributed by atoms with Crippen LogP contribution in [0.5, 0.6) is 11.5 Å². The number of hydrogen-bond acceptors (Lipinski definition) is 8. The molecule has 0 saturated heterocycles. The summed E-state index contributed by atoms with van der Waals surface area (Å²) in [5.74, 6) is 1.53. The van der Waals surface area contributed by atoms with E-state index in [0.29, 0.717) is 64.7 Å². The molecule has 5 rings (SSSR count). The molecular weight excluding hydrogens is 699 g/mol. The molecule has 4 aromatic rings. The van der Waals surface area contributed by atoms with E-state index in [1.54, 1.807) is 36.9 Å². The average molecular weight is 725 g/mol. The molecule has 0 bridgehead atoms. The van der Waals surface area contributed by atoms with Gasteiger partial charge in [0.25, 0.3) is 0 Å². The molecule has 1 unspecified atom stereocenters. The van der Waals surface area contributed by atoms with Crippen LogP contribution in [-0.2, 0) is 21.9 Å². The molecule has 224 valence electrons. The summed E-state index contributed by atoms with van der Waals surface area (Å²) in [6.07, 6.45) is 0. The maximum absolute atomic E-state index is 13.3. The van der Waals surface area contributed by atoms with E-state index in [1.165, 1.54) is 11.8 Å². The Morgan fingerprint density at radius 1 is 1.09 bits per heavy atom. The molecule has 1 atom stereocenters. The minimum atomic E-state index is -0.664. The number of nitrogens with zero attached hydrogens (tertiary/aromatic N) is 3. The Balaban J connectivity index is 1.51. The van der Waals surface area contributed by atoms with Crippen LogP contribution in [0.15, 0.2) is 75.5 Å². The van der Waals surface area contributed by atoms with E-state index in [2.05, 4.69) is 21.2 Å². The SMILES string of the molecule is CCOC(=O)C1=C(C)Nc2nc(SCc3ccccc3Cl)nn2C1c1cc(Br)c(OCc2ccc(Cl)cc2Cl)c(OC)c1.